The number of hydrogen-bond donors (Lipinski definition) is 0. The molecular weight excluding hydrogens is 236 g/mol. The van der Waals surface area contributed by atoms with Gasteiger partial charge in [-0.25, -0.2) is 0 Å². The zero-order chi connectivity index (χ0) is 11.9. The van der Waals surface area contributed by atoms with Gasteiger partial charge in [0.1, 0.15) is 5.75 Å². The lowest BCUT2D eigenvalue weighted by molar-refractivity contribution is 0.0981. The molecule has 0 spiro atoms. The van der Waals surface area contributed by atoms with Gasteiger partial charge in [0.15, 0.2) is 0 Å². The van der Waals surface area contributed by atoms with Crippen LogP contribution in [0.2, 0.25) is 0 Å². The third-order valence-corrected chi connectivity index (χ3v) is 3.35. The summed E-state index contributed by atoms with van der Waals surface area (Å²) >= 11 is 5.72. The van der Waals surface area contributed by atoms with Crippen LogP contribution in [0.15, 0.2) is 24.3 Å². The van der Waals surface area contributed by atoms with Crippen molar-refractivity contribution in [2.75, 3.05) is 13.2 Å². The quantitative estimate of drug-likeness (QED) is 0.568. The van der Waals surface area contributed by atoms with E-state index in [0.29, 0.717) is 12.0 Å². The molecule has 1 heterocycles. The highest BCUT2D eigenvalue weighted by atomic mass is 35.5. The Kier molecular flexibility index (Phi) is 5.14. The molecule has 1 unspecified atom stereocenters. The number of benzene rings is 1. The summed E-state index contributed by atoms with van der Waals surface area (Å²) in [5, 5.41) is 0. The fraction of sp³-hybridized carbons (Fsp3) is 0.571. The van der Waals surface area contributed by atoms with Crippen LogP contribution < -0.4 is 4.74 Å². The summed E-state index contributed by atoms with van der Waals surface area (Å²) in [6.45, 7) is 1.70. The maximum absolute atomic E-state index is 5.72. The first-order chi connectivity index (χ1) is 8.38. The van der Waals surface area contributed by atoms with E-state index >= 15 is 0 Å². The van der Waals surface area contributed by atoms with E-state index in [1.165, 1.54) is 12.8 Å². The molecule has 1 fully saturated rings. The lowest BCUT2D eigenvalue weighted by Crippen LogP contribution is -2.07. The zero-order valence-electron chi connectivity index (χ0n) is 10.0. The fourth-order valence-electron chi connectivity index (χ4n) is 2.05. The molecule has 1 saturated heterocycles. The lowest BCUT2D eigenvalue weighted by atomic mass is 10.1. The Labute approximate surface area is 108 Å². The van der Waals surface area contributed by atoms with Gasteiger partial charge in [-0.2, -0.15) is 0 Å². The molecule has 0 bridgehead atoms. The predicted octanol–water partition coefficient (Wildman–Crippen LogP) is 3.76. The van der Waals surface area contributed by atoms with Gasteiger partial charge in [-0.05, 0) is 43.4 Å². The highest BCUT2D eigenvalue weighted by Gasteiger charge is 2.14. The third-order valence-electron chi connectivity index (χ3n) is 3.04. The van der Waals surface area contributed by atoms with Gasteiger partial charge in [-0.15, -0.1) is 11.6 Å². The van der Waals surface area contributed by atoms with Crippen LogP contribution >= 0.6 is 11.6 Å². The van der Waals surface area contributed by atoms with Gasteiger partial charge < -0.3 is 9.47 Å². The third kappa shape index (κ3) is 4.21. The summed E-state index contributed by atoms with van der Waals surface area (Å²) in [5.74, 6) is 1.48. The van der Waals surface area contributed by atoms with Crippen molar-refractivity contribution in [3.63, 3.8) is 0 Å². The first-order valence-corrected chi connectivity index (χ1v) is 6.81. The molecule has 1 aliphatic rings. The maximum atomic E-state index is 5.72. The molecule has 1 aromatic carbocycles. The molecule has 2 rings (SSSR count). The number of rotatable bonds is 6. The molecule has 1 aromatic rings. The summed E-state index contributed by atoms with van der Waals surface area (Å²) < 4.78 is 11.2. The maximum Gasteiger partial charge on any atom is 0.119 e. The van der Waals surface area contributed by atoms with Gasteiger partial charge in [0.05, 0.1) is 12.7 Å². The van der Waals surface area contributed by atoms with Crippen molar-refractivity contribution in [3.05, 3.63) is 29.8 Å². The molecule has 0 amide bonds. The summed E-state index contributed by atoms with van der Waals surface area (Å²) in [6, 6.07) is 7.96. The minimum Gasteiger partial charge on any atom is -0.494 e. The van der Waals surface area contributed by atoms with Gasteiger partial charge in [-0.1, -0.05) is 12.1 Å². The molecule has 3 heteroatoms. The van der Waals surface area contributed by atoms with Crippen molar-refractivity contribution in [2.24, 2.45) is 0 Å². The average Bonchev–Trinajstić information content (AvgIpc) is 2.88. The van der Waals surface area contributed by atoms with Crippen LogP contribution in [0, 0.1) is 0 Å². The van der Waals surface area contributed by atoms with Crippen LogP contribution in [0.3, 0.4) is 0 Å². The molecule has 0 aliphatic carbocycles. The molecule has 2 nitrogen and oxygen atoms in total. The smallest absolute Gasteiger partial charge is 0.119 e. The number of alkyl halides is 1. The van der Waals surface area contributed by atoms with Crippen LogP contribution in [-0.2, 0) is 10.6 Å². The van der Waals surface area contributed by atoms with Gasteiger partial charge in [-0.3, -0.25) is 0 Å². The molecule has 1 aliphatic heterocycles. The van der Waals surface area contributed by atoms with Crippen molar-refractivity contribution in [2.45, 2.75) is 37.7 Å². The lowest BCUT2D eigenvalue weighted by Gasteiger charge is -2.10. The Morgan fingerprint density at radius 3 is 2.76 bits per heavy atom. The highest BCUT2D eigenvalue weighted by molar-refractivity contribution is 6.17. The second-order valence-corrected chi connectivity index (χ2v) is 4.67. The SMILES string of the molecule is ClCc1ccc(OCCCC2CCCO2)cc1. The average molecular weight is 255 g/mol. The van der Waals surface area contributed by atoms with Crippen LogP contribution in [0.5, 0.6) is 5.75 Å². The van der Waals surface area contributed by atoms with Crippen LogP contribution in [0.4, 0.5) is 0 Å². The number of ether oxygens (including phenoxy) is 2. The minimum absolute atomic E-state index is 0.470. The molecule has 0 aromatic heterocycles. The molecule has 0 radical (unpaired) electrons. The van der Waals surface area contributed by atoms with Crippen molar-refractivity contribution in [1.29, 1.82) is 0 Å². The first-order valence-electron chi connectivity index (χ1n) is 6.28. The van der Waals surface area contributed by atoms with Crippen LogP contribution in [-0.4, -0.2) is 19.3 Å². The van der Waals surface area contributed by atoms with E-state index in [2.05, 4.69) is 0 Å². The summed E-state index contributed by atoms with van der Waals surface area (Å²) in [4.78, 5) is 0. The summed E-state index contributed by atoms with van der Waals surface area (Å²) in [7, 11) is 0. The van der Waals surface area contributed by atoms with E-state index < -0.39 is 0 Å². The number of halogens is 1. The first kappa shape index (κ1) is 12.7. The number of hydrogen-bond acceptors (Lipinski definition) is 2. The van der Waals surface area contributed by atoms with Gasteiger partial charge in [0.25, 0.3) is 0 Å². The molecular formula is C14H19ClO2. The highest BCUT2D eigenvalue weighted by Crippen LogP contribution is 2.18. The van der Waals surface area contributed by atoms with E-state index in [4.69, 9.17) is 21.1 Å². The Bertz CT molecular complexity index is 317. The van der Waals surface area contributed by atoms with Gasteiger partial charge in [0, 0.05) is 12.5 Å². The van der Waals surface area contributed by atoms with Crippen molar-refractivity contribution >= 4 is 11.6 Å². The van der Waals surface area contributed by atoms with Crippen molar-refractivity contribution in [1.82, 2.24) is 0 Å². The fourth-order valence-corrected chi connectivity index (χ4v) is 2.23. The monoisotopic (exact) mass is 254 g/mol. The minimum atomic E-state index is 0.470. The molecule has 0 N–H and O–H groups in total. The Hall–Kier alpha value is -0.730. The topological polar surface area (TPSA) is 18.5 Å². The van der Waals surface area contributed by atoms with E-state index in [0.717, 1.165) is 37.4 Å². The Morgan fingerprint density at radius 2 is 2.12 bits per heavy atom. The molecule has 17 heavy (non-hydrogen) atoms. The van der Waals surface area contributed by atoms with Crippen molar-refractivity contribution in [3.8, 4) is 5.75 Å². The second-order valence-electron chi connectivity index (χ2n) is 4.40. The van der Waals surface area contributed by atoms with Crippen LogP contribution in [0.1, 0.15) is 31.2 Å². The van der Waals surface area contributed by atoms with E-state index in [-0.39, 0.29) is 0 Å². The van der Waals surface area contributed by atoms with E-state index in [1.807, 2.05) is 24.3 Å². The second kappa shape index (κ2) is 6.87. The zero-order valence-corrected chi connectivity index (χ0v) is 10.8. The molecule has 0 saturated carbocycles. The Balaban J connectivity index is 1.63. The molecule has 94 valence electrons. The molecule has 1 atom stereocenters. The van der Waals surface area contributed by atoms with Crippen LogP contribution in [0.25, 0.3) is 0 Å². The van der Waals surface area contributed by atoms with Gasteiger partial charge >= 0.3 is 0 Å². The normalized spacial score (nSPS) is 19.5. The standard InChI is InChI=1S/C14H19ClO2/c15-11-12-5-7-14(8-6-12)17-10-2-4-13-3-1-9-16-13/h5-8,13H,1-4,9-11H2. The van der Waals surface area contributed by atoms with E-state index in [1.54, 1.807) is 0 Å². The largest absolute Gasteiger partial charge is 0.494 e. The van der Waals surface area contributed by atoms with Gasteiger partial charge in [0.2, 0.25) is 0 Å². The summed E-state index contributed by atoms with van der Waals surface area (Å²) in [6.07, 6.45) is 5.06. The summed E-state index contributed by atoms with van der Waals surface area (Å²) in [5.41, 5.74) is 1.12. The Morgan fingerprint density at radius 1 is 1.29 bits per heavy atom. The van der Waals surface area contributed by atoms with E-state index in [9.17, 15) is 0 Å². The van der Waals surface area contributed by atoms with Crippen molar-refractivity contribution < 1.29 is 9.47 Å². The predicted molar refractivity (Wildman–Crippen MR) is 69.7 cm³/mol.